The quantitative estimate of drug-likeness (QED) is 0.570. The number of rotatable bonds is 7. The zero-order valence-electron chi connectivity index (χ0n) is 17.9. The van der Waals surface area contributed by atoms with E-state index in [1.54, 1.807) is 0 Å². The monoisotopic (exact) mass is 460 g/mol. The first-order valence-corrected chi connectivity index (χ1v) is 11.5. The van der Waals surface area contributed by atoms with Crippen LogP contribution in [0.1, 0.15) is 61.3 Å². The highest BCUT2D eigenvalue weighted by atomic mass is 35.5. The molecular weight excluding hydrogens is 432 g/mol. The first kappa shape index (κ1) is 23.1. The van der Waals surface area contributed by atoms with Crippen LogP contribution in [-0.4, -0.2) is 45.7 Å². The van der Waals surface area contributed by atoms with Crippen LogP contribution in [0.2, 0.25) is 5.02 Å². The second-order valence-corrected chi connectivity index (χ2v) is 9.24. The normalized spacial score (nSPS) is 24.9. The molecule has 0 aromatic heterocycles. The number of carbonyl (C=O) groups is 1. The number of halogens is 1. The molecule has 0 amide bonds. The topological polar surface area (TPSA) is 96.2 Å². The molecule has 2 aromatic rings. The van der Waals surface area contributed by atoms with Gasteiger partial charge in [-0.1, -0.05) is 35.9 Å². The molecule has 0 spiro atoms. The molecule has 0 radical (unpaired) electrons. The summed E-state index contributed by atoms with van der Waals surface area (Å²) in [6, 6.07) is 13.2. The predicted octanol–water partition coefficient (Wildman–Crippen LogP) is 4.28. The number of hydrogen-bond donors (Lipinski definition) is 3. The number of carboxylic acid groups (broad SMARTS) is 1. The molecule has 1 aliphatic carbocycles. The van der Waals surface area contributed by atoms with Crippen molar-refractivity contribution >= 4 is 17.6 Å². The number of benzene rings is 2. The molecule has 0 bridgehead atoms. The number of aliphatic hydroxyl groups excluding tert-OH is 2. The van der Waals surface area contributed by atoms with Gasteiger partial charge in [-0.3, -0.25) is 0 Å². The SMILES string of the molecule is O=C(O)C1(Oc2ccc(Cc3cc([C@H]4C[C@@H](O)C[C@@H](CO)O4)ccc3Cl)cc2)CCCC1. The maximum atomic E-state index is 11.7. The molecule has 1 heterocycles. The Morgan fingerprint density at radius 2 is 1.84 bits per heavy atom. The Hall–Kier alpha value is -2.12. The molecule has 4 rings (SSSR count). The summed E-state index contributed by atoms with van der Waals surface area (Å²) in [6.07, 6.45) is 3.12. The minimum atomic E-state index is -1.11. The van der Waals surface area contributed by atoms with Crippen LogP contribution in [0, 0.1) is 0 Å². The molecule has 2 aliphatic rings. The summed E-state index contributed by atoms with van der Waals surface area (Å²) in [7, 11) is 0. The van der Waals surface area contributed by atoms with E-state index in [1.807, 2.05) is 42.5 Å². The lowest BCUT2D eigenvalue weighted by Crippen LogP contribution is -2.41. The zero-order valence-corrected chi connectivity index (χ0v) is 18.6. The lowest BCUT2D eigenvalue weighted by Gasteiger charge is -2.32. The Bertz CT molecular complexity index is 938. The van der Waals surface area contributed by atoms with Crippen LogP contribution in [0.3, 0.4) is 0 Å². The van der Waals surface area contributed by atoms with Gasteiger partial charge in [0.05, 0.1) is 24.9 Å². The second kappa shape index (κ2) is 9.79. The minimum Gasteiger partial charge on any atom is -0.478 e. The molecule has 7 heteroatoms. The fourth-order valence-electron chi connectivity index (χ4n) is 4.68. The standard InChI is InChI=1S/C25H29ClO6/c26-22-8-5-17(23-14-19(28)13-21(15-27)31-23)12-18(22)11-16-3-6-20(7-4-16)32-25(24(29)30)9-1-2-10-25/h3-8,12,19,21,23,27-28H,1-2,9-11,13-15H2,(H,29,30)/t19-,21-,23+/m0/s1. The van der Waals surface area contributed by atoms with Crippen molar-refractivity contribution in [1.29, 1.82) is 0 Å². The first-order valence-electron chi connectivity index (χ1n) is 11.1. The van der Waals surface area contributed by atoms with Gasteiger partial charge in [-0.2, -0.15) is 0 Å². The third-order valence-electron chi connectivity index (χ3n) is 6.46. The number of carboxylic acids is 1. The highest BCUT2D eigenvalue weighted by Gasteiger charge is 2.43. The Morgan fingerprint density at radius 1 is 1.12 bits per heavy atom. The van der Waals surface area contributed by atoms with Crippen LogP contribution in [-0.2, 0) is 16.0 Å². The van der Waals surface area contributed by atoms with E-state index in [2.05, 4.69) is 0 Å². The minimum absolute atomic E-state index is 0.119. The molecule has 1 saturated carbocycles. The van der Waals surface area contributed by atoms with Crippen molar-refractivity contribution in [3.8, 4) is 5.75 Å². The second-order valence-electron chi connectivity index (χ2n) is 8.83. The lowest BCUT2D eigenvalue weighted by atomic mass is 9.94. The Balaban J connectivity index is 1.47. The molecule has 1 saturated heterocycles. The first-order chi connectivity index (χ1) is 15.4. The summed E-state index contributed by atoms with van der Waals surface area (Å²) in [4.78, 5) is 11.7. The average molecular weight is 461 g/mol. The summed E-state index contributed by atoms with van der Waals surface area (Å²) in [5.74, 6) is -0.348. The summed E-state index contributed by atoms with van der Waals surface area (Å²) >= 11 is 6.45. The number of hydrogen-bond acceptors (Lipinski definition) is 5. The van der Waals surface area contributed by atoms with E-state index in [9.17, 15) is 20.1 Å². The maximum absolute atomic E-state index is 11.7. The predicted molar refractivity (Wildman–Crippen MR) is 120 cm³/mol. The summed E-state index contributed by atoms with van der Waals surface area (Å²) in [6.45, 7) is -0.119. The summed E-state index contributed by atoms with van der Waals surface area (Å²) in [5, 5.41) is 29.8. The van der Waals surface area contributed by atoms with Gasteiger partial charge in [0.15, 0.2) is 0 Å². The van der Waals surface area contributed by atoms with E-state index in [-0.39, 0.29) is 18.8 Å². The zero-order chi connectivity index (χ0) is 22.7. The van der Waals surface area contributed by atoms with Crippen molar-refractivity contribution in [3.63, 3.8) is 0 Å². The lowest BCUT2D eigenvalue weighted by molar-refractivity contribution is -0.154. The largest absolute Gasteiger partial charge is 0.478 e. The molecule has 3 atom stereocenters. The molecule has 0 unspecified atom stereocenters. The third-order valence-corrected chi connectivity index (χ3v) is 6.82. The molecule has 2 aromatic carbocycles. The van der Waals surface area contributed by atoms with Gasteiger partial charge in [-0.15, -0.1) is 0 Å². The fourth-order valence-corrected chi connectivity index (χ4v) is 4.86. The van der Waals surface area contributed by atoms with Gasteiger partial charge in [0.25, 0.3) is 0 Å². The van der Waals surface area contributed by atoms with Gasteiger partial charge in [-0.05, 0) is 67.0 Å². The van der Waals surface area contributed by atoms with Crippen molar-refractivity contribution < 1.29 is 29.6 Å². The van der Waals surface area contributed by atoms with E-state index in [0.29, 0.717) is 42.9 Å². The van der Waals surface area contributed by atoms with E-state index >= 15 is 0 Å². The third kappa shape index (κ3) is 5.09. The molecule has 1 aliphatic heterocycles. The van der Waals surface area contributed by atoms with Crippen LogP contribution in [0.5, 0.6) is 5.75 Å². The van der Waals surface area contributed by atoms with Crippen LogP contribution in [0.25, 0.3) is 0 Å². The van der Waals surface area contributed by atoms with Crippen LogP contribution in [0.15, 0.2) is 42.5 Å². The van der Waals surface area contributed by atoms with E-state index < -0.39 is 17.7 Å². The smallest absolute Gasteiger partial charge is 0.348 e. The maximum Gasteiger partial charge on any atom is 0.348 e. The molecule has 6 nitrogen and oxygen atoms in total. The number of ether oxygens (including phenoxy) is 2. The Labute approximate surface area is 192 Å². The Morgan fingerprint density at radius 3 is 2.50 bits per heavy atom. The molecule has 2 fully saturated rings. The van der Waals surface area contributed by atoms with Crippen LogP contribution >= 0.6 is 11.6 Å². The Kier molecular flexibility index (Phi) is 7.05. The van der Waals surface area contributed by atoms with E-state index in [0.717, 1.165) is 29.5 Å². The van der Waals surface area contributed by atoms with Gasteiger partial charge in [0, 0.05) is 17.9 Å². The van der Waals surface area contributed by atoms with Gasteiger partial charge in [0.2, 0.25) is 5.60 Å². The average Bonchev–Trinajstić information content (AvgIpc) is 3.26. The molecule has 3 N–H and O–H groups in total. The van der Waals surface area contributed by atoms with Gasteiger partial charge >= 0.3 is 5.97 Å². The van der Waals surface area contributed by atoms with Crippen molar-refractivity contribution in [3.05, 3.63) is 64.2 Å². The summed E-state index contributed by atoms with van der Waals surface area (Å²) in [5.41, 5.74) is 1.76. The van der Waals surface area contributed by atoms with Crippen LogP contribution in [0.4, 0.5) is 0 Å². The highest BCUT2D eigenvalue weighted by Crippen LogP contribution is 2.36. The van der Waals surface area contributed by atoms with E-state index in [1.165, 1.54) is 0 Å². The summed E-state index contributed by atoms with van der Waals surface area (Å²) < 4.78 is 11.8. The molecule has 32 heavy (non-hydrogen) atoms. The molecular formula is C25H29ClO6. The van der Waals surface area contributed by atoms with Crippen molar-refractivity contribution in [2.24, 2.45) is 0 Å². The van der Waals surface area contributed by atoms with Crippen molar-refractivity contribution in [2.45, 2.75) is 68.9 Å². The van der Waals surface area contributed by atoms with Gasteiger partial charge < -0.3 is 24.8 Å². The van der Waals surface area contributed by atoms with E-state index in [4.69, 9.17) is 21.1 Å². The van der Waals surface area contributed by atoms with Crippen molar-refractivity contribution in [2.75, 3.05) is 6.61 Å². The number of aliphatic hydroxyl groups is 2. The van der Waals surface area contributed by atoms with Gasteiger partial charge in [0.1, 0.15) is 5.75 Å². The van der Waals surface area contributed by atoms with Gasteiger partial charge in [-0.25, -0.2) is 4.79 Å². The fraction of sp³-hybridized carbons (Fsp3) is 0.480. The van der Waals surface area contributed by atoms with Crippen LogP contribution < -0.4 is 4.74 Å². The van der Waals surface area contributed by atoms with Crippen molar-refractivity contribution in [1.82, 2.24) is 0 Å². The number of aliphatic carboxylic acids is 1. The molecule has 172 valence electrons. The highest BCUT2D eigenvalue weighted by molar-refractivity contribution is 6.31.